The molecule has 4 rings (SSSR count). The number of ether oxygens (including phenoxy) is 1. The van der Waals surface area contributed by atoms with Gasteiger partial charge < -0.3 is 9.64 Å². The summed E-state index contributed by atoms with van der Waals surface area (Å²) >= 11 is 1.41. The number of nitrogens with zero attached hydrogens (tertiary/aromatic N) is 4. The minimum Gasteiger partial charge on any atom is -0.370 e. The summed E-state index contributed by atoms with van der Waals surface area (Å²) in [6.07, 6.45) is 1.57. The summed E-state index contributed by atoms with van der Waals surface area (Å²) in [5.74, 6) is -0.263. The van der Waals surface area contributed by atoms with Crippen LogP contribution in [0.4, 0.5) is 9.52 Å². The second kappa shape index (κ2) is 7.13. The van der Waals surface area contributed by atoms with Gasteiger partial charge in [0, 0.05) is 18.3 Å². The molecule has 0 radical (unpaired) electrons. The summed E-state index contributed by atoms with van der Waals surface area (Å²) < 4.78 is 20.3. The van der Waals surface area contributed by atoms with E-state index < -0.39 is 0 Å². The highest BCUT2D eigenvalue weighted by molar-refractivity contribution is 7.20. The molecule has 1 saturated heterocycles. The van der Waals surface area contributed by atoms with Crippen LogP contribution in [0.2, 0.25) is 0 Å². The van der Waals surface area contributed by atoms with Gasteiger partial charge in [-0.15, -0.1) is 5.10 Å². The maximum Gasteiger partial charge on any atom is 0.275 e. The van der Waals surface area contributed by atoms with E-state index in [9.17, 15) is 9.18 Å². The van der Waals surface area contributed by atoms with Gasteiger partial charge in [0.15, 0.2) is 0 Å². The van der Waals surface area contributed by atoms with E-state index in [-0.39, 0.29) is 17.5 Å². The third kappa shape index (κ3) is 3.34. The lowest BCUT2D eigenvalue weighted by Crippen LogP contribution is -2.38. The van der Waals surface area contributed by atoms with E-state index in [1.54, 1.807) is 18.2 Å². The van der Waals surface area contributed by atoms with Crippen LogP contribution < -0.4 is 10.5 Å². The monoisotopic (exact) mass is 374 g/mol. The van der Waals surface area contributed by atoms with Crippen molar-refractivity contribution in [1.82, 2.24) is 14.6 Å². The number of morpholine rings is 1. The Morgan fingerprint density at radius 1 is 1.35 bits per heavy atom. The molecule has 1 aromatic carbocycles. The van der Waals surface area contributed by atoms with Gasteiger partial charge >= 0.3 is 0 Å². The second-order valence-electron chi connectivity index (χ2n) is 6.27. The van der Waals surface area contributed by atoms with Gasteiger partial charge in [-0.3, -0.25) is 4.79 Å². The first-order valence-electron chi connectivity index (χ1n) is 8.66. The Bertz CT molecular complexity index is 969. The van der Waals surface area contributed by atoms with E-state index in [1.165, 1.54) is 28.0 Å². The van der Waals surface area contributed by atoms with Gasteiger partial charge in [0.1, 0.15) is 11.9 Å². The molecule has 1 unspecified atom stereocenters. The van der Waals surface area contributed by atoms with E-state index in [0.717, 1.165) is 29.2 Å². The van der Waals surface area contributed by atoms with Crippen LogP contribution in [0.25, 0.3) is 4.96 Å². The normalized spacial score (nSPS) is 17.8. The van der Waals surface area contributed by atoms with Crippen LogP contribution in [-0.2, 0) is 11.2 Å². The number of aromatic nitrogens is 3. The largest absolute Gasteiger partial charge is 0.370 e. The van der Waals surface area contributed by atoms with E-state index in [2.05, 4.69) is 21.9 Å². The number of rotatable bonds is 4. The molecular formula is C18H19FN4O2S. The fraction of sp³-hybridized carbons (Fsp3) is 0.389. The van der Waals surface area contributed by atoms with Gasteiger partial charge in [-0.1, -0.05) is 36.8 Å². The van der Waals surface area contributed by atoms with Gasteiger partial charge in [-0.2, -0.15) is 4.52 Å². The van der Waals surface area contributed by atoms with E-state index in [0.29, 0.717) is 24.7 Å². The predicted molar refractivity (Wildman–Crippen MR) is 98.4 cm³/mol. The van der Waals surface area contributed by atoms with Crippen molar-refractivity contribution in [3.8, 4) is 0 Å². The van der Waals surface area contributed by atoms with Crippen molar-refractivity contribution in [2.24, 2.45) is 0 Å². The first-order valence-corrected chi connectivity index (χ1v) is 9.47. The van der Waals surface area contributed by atoms with Crippen LogP contribution in [-0.4, -0.2) is 34.3 Å². The average Bonchev–Trinajstić information content (AvgIpc) is 3.08. The molecule has 136 valence electrons. The average molecular weight is 374 g/mol. The van der Waals surface area contributed by atoms with Crippen molar-refractivity contribution in [1.29, 1.82) is 0 Å². The Morgan fingerprint density at radius 2 is 2.15 bits per heavy atom. The third-order valence-electron chi connectivity index (χ3n) is 4.37. The quantitative estimate of drug-likeness (QED) is 0.703. The van der Waals surface area contributed by atoms with Crippen LogP contribution in [0, 0.1) is 5.82 Å². The Morgan fingerprint density at radius 3 is 2.92 bits per heavy atom. The lowest BCUT2D eigenvalue weighted by Gasteiger charge is -2.32. The van der Waals surface area contributed by atoms with Gasteiger partial charge in [-0.05, 0) is 24.1 Å². The minimum atomic E-state index is -0.263. The number of anilines is 1. The summed E-state index contributed by atoms with van der Waals surface area (Å²) in [6.45, 7) is 3.89. The summed E-state index contributed by atoms with van der Waals surface area (Å²) in [5, 5.41) is 5.20. The van der Waals surface area contributed by atoms with Crippen molar-refractivity contribution in [3.05, 3.63) is 57.8 Å². The molecule has 3 heterocycles. The highest BCUT2D eigenvalue weighted by atomic mass is 32.1. The van der Waals surface area contributed by atoms with Crippen molar-refractivity contribution in [3.63, 3.8) is 0 Å². The molecule has 0 saturated carbocycles. The molecule has 2 aromatic heterocycles. The molecule has 1 aliphatic rings. The predicted octanol–water partition coefficient (Wildman–Crippen LogP) is 2.82. The van der Waals surface area contributed by atoms with Crippen LogP contribution in [0.15, 0.2) is 35.1 Å². The van der Waals surface area contributed by atoms with Gasteiger partial charge in [0.25, 0.3) is 5.56 Å². The standard InChI is InChI=1S/C18H19FN4O2S/c1-2-3-14-10-16(24)23-17(20-14)26-18(21-23)22-8-9-25-15(11-22)12-4-6-13(19)7-5-12/h4-7,10,15H,2-3,8-9,11H2,1H3. The van der Waals surface area contributed by atoms with Gasteiger partial charge in [0.05, 0.1) is 13.2 Å². The first kappa shape index (κ1) is 17.1. The fourth-order valence-corrected chi connectivity index (χ4v) is 4.02. The number of hydrogen-bond acceptors (Lipinski definition) is 6. The fourth-order valence-electron chi connectivity index (χ4n) is 3.06. The zero-order valence-electron chi connectivity index (χ0n) is 14.4. The first-order chi connectivity index (χ1) is 12.6. The van der Waals surface area contributed by atoms with E-state index in [1.807, 2.05) is 0 Å². The molecule has 0 bridgehead atoms. The molecule has 8 heteroatoms. The molecule has 6 nitrogen and oxygen atoms in total. The smallest absolute Gasteiger partial charge is 0.275 e. The summed E-state index contributed by atoms with van der Waals surface area (Å²) in [7, 11) is 0. The van der Waals surface area contributed by atoms with Gasteiger partial charge in [-0.25, -0.2) is 9.37 Å². The number of benzene rings is 1. The summed E-state index contributed by atoms with van der Waals surface area (Å²) in [5.41, 5.74) is 1.58. The van der Waals surface area contributed by atoms with Crippen molar-refractivity contribution in [2.75, 3.05) is 24.6 Å². The second-order valence-corrected chi connectivity index (χ2v) is 7.21. The van der Waals surface area contributed by atoms with E-state index >= 15 is 0 Å². The Kier molecular flexibility index (Phi) is 4.69. The number of halogens is 1. The number of fused-ring (bicyclic) bond motifs is 1. The maximum absolute atomic E-state index is 13.1. The molecule has 26 heavy (non-hydrogen) atoms. The highest BCUT2D eigenvalue weighted by Crippen LogP contribution is 2.28. The molecule has 3 aromatic rings. The molecular weight excluding hydrogens is 355 g/mol. The van der Waals surface area contributed by atoms with Crippen molar-refractivity contribution in [2.45, 2.75) is 25.9 Å². The molecule has 1 fully saturated rings. The topological polar surface area (TPSA) is 59.7 Å². The number of hydrogen-bond donors (Lipinski definition) is 0. The number of aryl methyl sites for hydroxylation is 1. The lowest BCUT2D eigenvalue weighted by molar-refractivity contribution is 0.0397. The molecule has 0 amide bonds. The Labute approximate surface area is 153 Å². The zero-order chi connectivity index (χ0) is 18.1. The van der Waals surface area contributed by atoms with Crippen LogP contribution >= 0.6 is 11.3 Å². The SMILES string of the molecule is CCCc1cc(=O)n2nc(N3CCOC(c4ccc(F)cc4)C3)sc2n1. The lowest BCUT2D eigenvalue weighted by atomic mass is 10.1. The third-order valence-corrected chi connectivity index (χ3v) is 5.34. The summed E-state index contributed by atoms with van der Waals surface area (Å²) in [6, 6.07) is 7.92. The Balaban J connectivity index is 1.61. The van der Waals surface area contributed by atoms with Crippen molar-refractivity contribution >= 4 is 21.4 Å². The molecule has 1 aliphatic heterocycles. The molecule has 1 atom stereocenters. The molecule has 0 N–H and O–H groups in total. The zero-order valence-corrected chi connectivity index (χ0v) is 15.2. The van der Waals surface area contributed by atoms with Crippen LogP contribution in [0.5, 0.6) is 0 Å². The molecule has 0 aliphatic carbocycles. The van der Waals surface area contributed by atoms with Crippen LogP contribution in [0.1, 0.15) is 30.7 Å². The highest BCUT2D eigenvalue weighted by Gasteiger charge is 2.25. The Hall–Kier alpha value is -2.32. The molecule has 0 spiro atoms. The van der Waals surface area contributed by atoms with Gasteiger partial charge in [0.2, 0.25) is 10.1 Å². The van der Waals surface area contributed by atoms with E-state index in [4.69, 9.17) is 4.74 Å². The van der Waals surface area contributed by atoms with Crippen molar-refractivity contribution < 1.29 is 9.13 Å². The minimum absolute atomic E-state index is 0.149. The maximum atomic E-state index is 13.1. The van der Waals surface area contributed by atoms with Crippen LogP contribution in [0.3, 0.4) is 0 Å². The summed E-state index contributed by atoms with van der Waals surface area (Å²) in [4.78, 5) is 19.5.